The lowest BCUT2D eigenvalue weighted by molar-refractivity contribution is 0.101. The molecule has 0 saturated carbocycles. The molecule has 0 aliphatic heterocycles. The number of rotatable bonds is 6. The zero-order chi connectivity index (χ0) is 21.7. The molecule has 0 aliphatic rings. The van der Waals surface area contributed by atoms with Crippen LogP contribution in [-0.2, 0) is 0 Å². The fraction of sp³-hybridized carbons (Fsp3) is 0.0909. The minimum absolute atomic E-state index is 0.266. The molecular formula is C22H18Cl2N2O4. The summed E-state index contributed by atoms with van der Waals surface area (Å²) in [4.78, 5) is 25.6. The molecule has 0 saturated heterocycles. The van der Waals surface area contributed by atoms with Gasteiger partial charge in [0, 0.05) is 10.0 Å². The summed E-state index contributed by atoms with van der Waals surface area (Å²) in [5.74, 6) is -0.114. The van der Waals surface area contributed by atoms with Gasteiger partial charge in [0.15, 0.2) is 0 Å². The van der Waals surface area contributed by atoms with Crippen molar-refractivity contribution < 1.29 is 19.1 Å². The number of amides is 2. The molecule has 0 bridgehead atoms. The van der Waals surface area contributed by atoms with E-state index in [1.165, 1.54) is 26.4 Å². The maximum Gasteiger partial charge on any atom is 0.259 e. The topological polar surface area (TPSA) is 76.7 Å². The number of anilines is 2. The van der Waals surface area contributed by atoms with Crippen LogP contribution < -0.4 is 20.1 Å². The van der Waals surface area contributed by atoms with Gasteiger partial charge in [-0.1, -0.05) is 35.3 Å². The van der Waals surface area contributed by atoms with Crippen LogP contribution >= 0.6 is 23.2 Å². The Bertz CT molecular complexity index is 1020. The zero-order valence-corrected chi connectivity index (χ0v) is 17.7. The predicted octanol–water partition coefficient (Wildman–Crippen LogP) is 5.52. The van der Waals surface area contributed by atoms with Crippen LogP contribution in [0.15, 0.2) is 60.7 Å². The second kappa shape index (κ2) is 9.52. The zero-order valence-electron chi connectivity index (χ0n) is 16.2. The molecule has 0 aliphatic carbocycles. The third-order valence-electron chi connectivity index (χ3n) is 4.24. The monoisotopic (exact) mass is 444 g/mol. The first-order valence-corrected chi connectivity index (χ1v) is 9.57. The van der Waals surface area contributed by atoms with Crippen molar-refractivity contribution in [3.8, 4) is 11.5 Å². The highest BCUT2D eigenvalue weighted by Gasteiger charge is 2.17. The summed E-state index contributed by atoms with van der Waals surface area (Å²) in [6.07, 6.45) is 0. The number of nitrogens with one attached hydrogen (secondary N) is 2. The van der Waals surface area contributed by atoms with Crippen molar-refractivity contribution in [2.45, 2.75) is 0 Å². The van der Waals surface area contributed by atoms with Gasteiger partial charge in [-0.3, -0.25) is 9.59 Å². The Morgan fingerprint density at radius 2 is 1.10 bits per heavy atom. The lowest BCUT2D eigenvalue weighted by Crippen LogP contribution is -2.17. The lowest BCUT2D eigenvalue weighted by Gasteiger charge is -2.15. The molecule has 154 valence electrons. The predicted molar refractivity (Wildman–Crippen MR) is 118 cm³/mol. The Morgan fingerprint density at radius 3 is 1.47 bits per heavy atom. The number of para-hydroxylation sites is 2. The first kappa shape index (κ1) is 21.5. The summed E-state index contributed by atoms with van der Waals surface area (Å²) in [6.45, 7) is 0. The number of benzene rings is 3. The second-order valence-electron chi connectivity index (χ2n) is 6.14. The standard InChI is InChI=1S/C22H18Cl2N2O4/c1-29-19-9-7-13(23)11-15(19)21(27)25-17-5-3-4-6-18(17)26-22(28)16-12-14(24)8-10-20(16)30-2/h3-12H,1-2H3,(H,25,27)(H,26,28). The molecule has 2 N–H and O–H groups in total. The summed E-state index contributed by atoms with van der Waals surface area (Å²) < 4.78 is 10.5. The van der Waals surface area contributed by atoms with E-state index in [0.717, 1.165) is 0 Å². The van der Waals surface area contributed by atoms with E-state index in [1.807, 2.05) is 0 Å². The normalized spacial score (nSPS) is 10.3. The fourth-order valence-corrected chi connectivity index (χ4v) is 3.14. The average Bonchev–Trinajstić information content (AvgIpc) is 2.75. The Kier molecular flexibility index (Phi) is 6.82. The van der Waals surface area contributed by atoms with Crippen LogP contribution in [0.5, 0.6) is 11.5 Å². The minimum atomic E-state index is -0.434. The maximum absolute atomic E-state index is 12.8. The Morgan fingerprint density at radius 1 is 0.700 bits per heavy atom. The van der Waals surface area contributed by atoms with E-state index in [-0.39, 0.29) is 11.1 Å². The number of methoxy groups -OCH3 is 2. The van der Waals surface area contributed by atoms with Gasteiger partial charge in [0.2, 0.25) is 0 Å². The molecule has 0 aromatic heterocycles. The lowest BCUT2D eigenvalue weighted by atomic mass is 10.1. The van der Waals surface area contributed by atoms with Crippen molar-refractivity contribution >= 4 is 46.4 Å². The van der Waals surface area contributed by atoms with E-state index in [2.05, 4.69) is 10.6 Å². The van der Waals surface area contributed by atoms with Gasteiger partial charge in [-0.05, 0) is 48.5 Å². The van der Waals surface area contributed by atoms with E-state index in [0.29, 0.717) is 32.9 Å². The van der Waals surface area contributed by atoms with Gasteiger partial charge in [0.25, 0.3) is 11.8 Å². The van der Waals surface area contributed by atoms with Crippen LogP contribution in [0.1, 0.15) is 20.7 Å². The molecule has 2 amide bonds. The number of halogens is 2. The smallest absolute Gasteiger partial charge is 0.259 e. The van der Waals surface area contributed by atoms with Gasteiger partial charge in [0.05, 0.1) is 36.7 Å². The van der Waals surface area contributed by atoms with E-state index in [1.54, 1.807) is 48.5 Å². The number of hydrogen-bond donors (Lipinski definition) is 2. The highest BCUT2D eigenvalue weighted by Crippen LogP contribution is 2.28. The largest absolute Gasteiger partial charge is 0.496 e. The molecule has 3 rings (SSSR count). The Hall–Kier alpha value is -3.22. The van der Waals surface area contributed by atoms with Crippen molar-refractivity contribution in [2.24, 2.45) is 0 Å². The van der Waals surface area contributed by atoms with Crippen molar-refractivity contribution in [2.75, 3.05) is 24.9 Å². The molecule has 6 nitrogen and oxygen atoms in total. The summed E-state index contributed by atoms with van der Waals surface area (Å²) in [6, 6.07) is 16.3. The van der Waals surface area contributed by atoms with E-state index >= 15 is 0 Å². The molecule has 0 heterocycles. The SMILES string of the molecule is COc1ccc(Cl)cc1C(=O)Nc1ccccc1NC(=O)c1cc(Cl)ccc1OC. The number of ether oxygens (including phenoxy) is 2. The van der Waals surface area contributed by atoms with Gasteiger partial charge in [-0.2, -0.15) is 0 Å². The summed E-state index contributed by atoms with van der Waals surface area (Å²) in [5.41, 5.74) is 1.34. The molecule has 0 fully saturated rings. The van der Waals surface area contributed by atoms with Crippen LogP contribution in [0, 0.1) is 0 Å². The van der Waals surface area contributed by atoms with Crippen LogP contribution in [-0.4, -0.2) is 26.0 Å². The van der Waals surface area contributed by atoms with E-state index in [4.69, 9.17) is 32.7 Å². The summed E-state index contributed by atoms with van der Waals surface area (Å²) >= 11 is 12.0. The highest BCUT2D eigenvalue weighted by atomic mass is 35.5. The minimum Gasteiger partial charge on any atom is -0.496 e. The van der Waals surface area contributed by atoms with Crippen LogP contribution in [0.2, 0.25) is 10.0 Å². The van der Waals surface area contributed by atoms with Gasteiger partial charge in [0.1, 0.15) is 11.5 Å². The van der Waals surface area contributed by atoms with Gasteiger partial charge in [-0.15, -0.1) is 0 Å². The number of carbonyl (C=O) groups excluding carboxylic acids is 2. The van der Waals surface area contributed by atoms with Crippen molar-refractivity contribution in [1.29, 1.82) is 0 Å². The molecular weight excluding hydrogens is 427 g/mol. The molecule has 8 heteroatoms. The first-order valence-electron chi connectivity index (χ1n) is 8.81. The number of carbonyl (C=O) groups is 2. The van der Waals surface area contributed by atoms with Crippen molar-refractivity contribution in [3.63, 3.8) is 0 Å². The quantitative estimate of drug-likeness (QED) is 0.524. The van der Waals surface area contributed by atoms with Crippen LogP contribution in [0.3, 0.4) is 0 Å². The maximum atomic E-state index is 12.8. The third-order valence-corrected chi connectivity index (χ3v) is 4.71. The second-order valence-corrected chi connectivity index (χ2v) is 7.02. The fourth-order valence-electron chi connectivity index (χ4n) is 2.80. The van der Waals surface area contributed by atoms with Gasteiger partial charge < -0.3 is 20.1 Å². The Balaban J connectivity index is 1.87. The van der Waals surface area contributed by atoms with Gasteiger partial charge in [-0.25, -0.2) is 0 Å². The first-order chi connectivity index (χ1) is 14.4. The Labute approximate surface area is 183 Å². The van der Waals surface area contributed by atoms with Crippen LogP contribution in [0.25, 0.3) is 0 Å². The molecule has 0 radical (unpaired) electrons. The van der Waals surface area contributed by atoms with E-state index < -0.39 is 11.8 Å². The molecule has 30 heavy (non-hydrogen) atoms. The highest BCUT2D eigenvalue weighted by molar-refractivity contribution is 6.31. The molecule has 0 spiro atoms. The summed E-state index contributed by atoms with van der Waals surface area (Å²) in [7, 11) is 2.93. The van der Waals surface area contributed by atoms with E-state index in [9.17, 15) is 9.59 Å². The number of hydrogen-bond acceptors (Lipinski definition) is 4. The van der Waals surface area contributed by atoms with Crippen molar-refractivity contribution in [1.82, 2.24) is 0 Å². The average molecular weight is 445 g/mol. The third kappa shape index (κ3) is 4.84. The molecule has 3 aromatic carbocycles. The summed E-state index contributed by atoms with van der Waals surface area (Å²) in [5, 5.41) is 6.35. The molecule has 0 atom stereocenters. The van der Waals surface area contributed by atoms with Crippen molar-refractivity contribution in [3.05, 3.63) is 81.8 Å². The molecule has 0 unspecified atom stereocenters. The van der Waals surface area contributed by atoms with Gasteiger partial charge >= 0.3 is 0 Å². The molecule has 3 aromatic rings. The van der Waals surface area contributed by atoms with Crippen LogP contribution in [0.4, 0.5) is 11.4 Å².